The van der Waals surface area contributed by atoms with Crippen molar-refractivity contribution in [2.75, 3.05) is 25.1 Å². The van der Waals surface area contributed by atoms with Gasteiger partial charge in [0.05, 0.1) is 12.6 Å². The normalized spacial score (nSPS) is 15.3. The molecule has 0 spiro atoms. The van der Waals surface area contributed by atoms with Crippen LogP contribution in [0.3, 0.4) is 0 Å². The fraction of sp³-hybridized carbons (Fsp3) is 0.385. The van der Waals surface area contributed by atoms with Crippen LogP contribution in [0.1, 0.15) is 12.8 Å². The van der Waals surface area contributed by atoms with Crippen LogP contribution in [0.25, 0.3) is 10.9 Å². The molecule has 94 valence electrons. The van der Waals surface area contributed by atoms with Crippen LogP contribution < -0.4 is 9.64 Å². The lowest BCUT2D eigenvalue weighted by atomic mass is 10.2. The van der Waals surface area contributed by atoms with Crippen molar-refractivity contribution in [2.45, 2.75) is 12.8 Å². The minimum atomic E-state index is -0.393. The number of anilines is 1. The summed E-state index contributed by atoms with van der Waals surface area (Å²) in [6.45, 7) is 1.98. The molecule has 5 heteroatoms. The van der Waals surface area contributed by atoms with Crippen LogP contribution in [0, 0.1) is 5.82 Å². The molecule has 4 nitrogen and oxygen atoms in total. The Kier molecular flexibility index (Phi) is 2.74. The molecule has 1 aromatic carbocycles. The highest BCUT2D eigenvalue weighted by Gasteiger charge is 2.18. The highest BCUT2D eigenvalue weighted by Crippen LogP contribution is 2.30. The predicted octanol–water partition coefficient (Wildman–Crippen LogP) is 2.38. The molecule has 1 fully saturated rings. The largest absolute Gasteiger partial charge is 0.494 e. The van der Waals surface area contributed by atoms with E-state index in [2.05, 4.69) is 14.9 Å². The average molecular weight is 247 g/mol. The van der Waals surface area contributed by atoms with E-state index in [-0.39, 0.29) is 5.75 Å². The third-order valence-corrected chi connectivity index (χ3v) is 3.29. The molecule has 0 N–H and O–H groups in total. The number of methoxy groups -OCH3 is 1. The van der Waals surface area contributed by atoms with Crippen LogP contribution in [0.15, 0.2) is 18.5 Å². The summed E-state index contributed by atoms with van der Waals surface area (Å²) in [6, 6.07) is 3.08. The standard InChI is InChI=1S/C13H14FN3O/c1-18-12-6-9-11(7-10(12)14)15-8-16-13(9)17-4-2-3-5-17/h6-8H,2-5H2,1H3. The number of ether oxygens (including phenoxy) is 1. The van der Waals surface area contributed by atoms with Crippen molar-refractivity contribution in [1.82, 2.24) is 9.97 Å². The van der Waals surface area contributed by atoms with Crippen LogP contribution in [0.4, 0.5) is 10.2 Å². The molecular formula is C13H14FN3O. The predicted molar refractivity (Wildman–Crippen MR) is 67.5 cm³/mol. The first-order valence-corrected chi connectivity index (χ1v) is 6.03. The summed E-state index contributed by atoms with van der Waals surface area (Å²) < 4.78 is 18.7. The SMILES string of the molecule is COc1cc2c(N3CCCC3)ncnc2cc1F. The van der Waals surface area contributed by atoms with Gasteiger partial charge in [-0.2, -0.15) is 0 Å². The highest BCUT2D eigenvalue weighted by molar-refractivity contribution is 5.90. The van der Waals surface area contributed by atoms with E-state index in [1.165, 1.54) is 32.3 Å². The molecule has 0 bridgehead atoms. The molecule has 1 aliphatic rings. The molecule has 3 rings (SSSR count). The molecule has 0 amide bonds. The van der Waals surface area contributed by atoms with Crippen LogP contribution in [-0.2, 0) is 0 Å². The summed E-state index contributed by atoms with van der Waals surface area (Å²) in [4.78, 5) is 10.7. The fourth-order valence-electron chi connectivity index (χ4n) is 2.38. The van der Waals surface area contributed by atoms with Gasteiger partial charge in [-0.25, -0.2) is 14.4 Å². The lowest BCUT2D eigenvalue weighted by Gasteiger charge is -2.18. The molecule has 0 saturated carbocycles. The Morgan fingerprint density at radius 2 is 2.00 bits per heavy atom. The first-order valence-electron chi connectivity index (χ1n) is 6.03. The molecule has 0 atom stereocenters. The van der Waals surface area contributed by atoms with E-state index < -0.39 is 5.82 Å². The first kappa shape index (κ1) is 11.2. The average Bonchev–Trinajstić information content (AvgIpc) is 2.90. The Balaban J connectivity index is 2.19. The zero-order valence-electron chi connectivity index (χ0n) is 10.2. The van der Waals surface area contributed by atoms with Gasteiger partial charge in [-0.05, 0) is 18.9 Å². The number of aromatic nitrogens is 2. The number of hydrogen-bond acceptors (Lipinski definition) is 4. The van der Waals surface area contributed by atoms with Gasteiger partial charge < -0.3 is 9.64 Å². The van der Waals surface area contributed by atoms with Gasteiger partial charge in [-0.15, -0.1) is 0 Å². The number of hydrogen-bond donors (Lipinski definition) is 0. The van der Waals surface area contributed by atoms with Crippen molar-refractivity contribution < 1.29 is 9.13 Å². The smallest absolute Gasteiger partial charge is 0.167 e. The van der Waals surface area contributed by atoms with E-state index in [0.29, 0.717) is 5.52 Å². The molecule has 1 aliphatic heterocycles. The number of fused-ring (bicyclic) bond motifs is 1. The quantitative estimate of drug-likeness (QED) is 0.816. The maximum absolute atomic E-state index is 13.6. The second kappa shape index (κ2) is 4.40. The molecule has 18 heavy (non-hydrogen) atoms. The van der Waals surface area contributed by atoms with E-state index in [0.717, 1.165) is 24.3 Å². The molecule has 2 heterocycles. The Labute approximate surface area is 104 Å². The van der Waals surface area contributed by atoms with Gasteiger partial charge in [0.15, 0.2) is 11.6 Å². The zero-order valence-corrected chi connectivity index (χ0v) is 10.2. The van der Waals surface area contributed by atoms with Gasteiger partial charge in [-0.1, -0.05) is 0 Å². The topological polar surface area (TPSA) is 38.2 Å². The van der Waals surface area contributed by atoms with Gasteiger partial charge in [0.1, 0.15) is 12.1 Å². The zero-order chi connectivity index (χ0) is 12.5. The monoisotopic (exact) mass is 247 g/mol. The molecule has 1 aromatic heterocycles. The van der Waals surface area contributed by atoms with Gasteiger partial charge in [0, 0.05) is 24.5 Å². The fourth-order valence-corrected chi connectivity index (χ4v) is 2.38. The van der Waals surface area contributed by atoms with E-state index in [9.17, 15) is 4.39 Å². The van der Waals surface area contributed by atoms with Crippen molar-refractivity contribution in [2.24, 2.45) is 0 Å². The molecule has 1 saturated heterocycles. The maximum Gasteiger partial charge on any atom is 0.167 e. The minimum absolute atomic E-state index is 0.234. The van der Waals surface area contributed by atoms with Crippen LogP contribution in [0.5, 0.6) is 5.75 Å². The number of nitrogens with zero attached hydrogens (tertiary/aromatic N) is 3. The van der Waals surface area contributed by atoms with E-state index in [1.807, 2.05) is 0 Å². The first-order chi connectivity index (χ1) is 8.79. The molecule has 0 radical (unpaired) electrons. The second-order valence-electron chi connectivity index (χ2n) is 4.40. The Morgan fingerprint density at radius 1 is 1.22 bits per heavy atom. The lowest BCUT2D eigenvalue weighted by Crippen LogP contribution is -2.19. The Morgan fingerprint density at radius 3 is 2.72 bits per heavy atom. The highest BCUT2D eigenvalue weighted by atomic mass is 19.1. The molecule has 0 unspecified atom stereocenters. The van der Waals surface area contributed by atoms with Crippen LogP contribution >= 0.6 is 0 Å². The van der Waals surface area contributed by atoms with E-state index in [4.69, 9.17) is 4.74 Å². The summed E-state index contributed by atoms with van der Waals surface area (Å²) in [5, 5.41) is 0.845. The van der Waals surface area contributed by atoms with Crippen molar-refractivity contribution in [3.05, 3.63) is 24.3 Å². The molecular weight excluding hydrogens is 233 g/mol. The van der Waals surface area contributed by atoms with Crippen LogP contribution in [-0.4, -0.2) is 30.2 Å². The third-order valence-electron chi connectivity index (χ3n) is 3.29. The molecule has 2 aromatic rings. The van der Waals surface area contributed by atoms with Crippen molar-refractivity contribution in [3.8, 4) is 5.75 Å². The van der Waals surface area contributed by atoms with E-state index >= 15 is 0 Å². The van der Waals surface area contributed by atoms with Gasteiger partial charge in [-0.3, -0.25) is 0 Å². The number of rotatable bonds is 2. The van der Waals surface area contributed by atoms with Crippen molar-refractivity contribution in [3.63, 3.8) is 0 Å². The summed E-state index contributed by atoms with van der Waals surface area (Å²) in [5.41, 5.74) is 0.616. The third kappa shape index (κ3) is 1.75. The summed E-state index contributed by atoms with van der Waals surface area (Å²) >= 11 is 0. The summed E-state index contributed by atoms with van der Waals surface area (Å²) in [5.74, 6) is 0.713. The maximum atomic E-state index is 13.6. The van der Waals surface area contributed by atoms with Gasteiger partial charge >= 0.3 is 0 Å². The number of benzene rings is 1. The Hall–Kier alpha value is -1.91. The second-order valence-corrected chi connectivity index (χ2v) is 4.40. The van der Waals surface area contributed by atoms with Crippen LogP contribution in [0.2, 0.25) is 0 Å². The van der Waals surface area contributed by atoms with Crippen molar-refractivity contribution >= 4 is 16.7 Å². The van der Waals surface area contributed by atoms with Gasteiger partial charge in [0.2, 0.25) is 0 Å². The summed E-state index contributed by atoms with van der Waals surface area (Å²) in [7, 11) is 1.46. The molecule has 0 aliphatic carbocycles. The lowest BCUT2D eigenvalue weighted by molar-refractivity contribution is 0.387. The van der Waals surface area contributed by atoms with Crippen molar-refractivity contribution in [1.29, 1.82) is 0 Å². The van der Waals surface area contributed by atoms with Gasteiger partial charge in [0.25, 0.3) is 0 Å². The number of halogens is 1. The Bertz CT molecular complexity index is 582. The minimum Gasteiger partial charge on any atom is -0.494 e. The summed E-state index contributed by atoms with van der Waals surface area (Å²) in [6.07, 6.45) is 3.83. The van der Waals surface area contributed by atoms with E-state index in [1.54, 1.807) is 6.07 Å².